The van der Waals surface area contributed by atoms with Crippen LogP contribution in [0.25, 0.3) is 10.9 Å². The zero-order chi connectivity index (χ0) is 32.4. The first-order chi connectivity index (χ1) is 20.6. The molecular formula is C32H31F6N3O3. The van der Waals surface area contributed by atoms with Gasteiger partial charge in [0.2, 0.25) is 5.91 Å². The molecule has 0 radical (unpaired) electrons. The van der Waals surface area contributed by atoms with Crippen molar-refractivity contribution in [2.45, 2.75) is 44.6 Å². The standard InChI is InChI=1S/C32H31F6N3O3/c1-19-9-11-28(44-4)26(13-19)39-29(42)12-10-24(16-21-18-40(2)27-8-6-5-7-25(21)27)41(3)30(43)20-14-22(31(33,34)35)17-23(15-20)32(36,37)38/h5-9,11,13-15,17-18,24H,10,12,16H2,1-4H3,(H,39,42). The number of aryl methyl sites for hydroxylation is 2. The summed E-state index contributed by atoms with van der Waals surface area (Å²) >= 11 is 0. The number of halogens is 6. The molecule has 3 aromatic carbocycles. The molecule has 1 aromatic heterocycles. The number of rotatable bonds is 9. The third-order valence-corrected chi connectivity index (χ3v) is 7.47. The van der Waals surface area contributed by atoms with Gasteiger partial charge in [0.1, 0.15) is 5.75 Å². The number of alkyl halides is 6. The second-order valence-electron chi connectivity index (χ2n) is 10.6. The number of methoxy groups -OCH3 is 1. The molecule has 4 aromatic rings. The van der Waals surface area contributed by atoms with E-state index in [-0.39, 0.29) is 25.3 Å². The van der Waals surface area contributed by atoms with Crippen molar-refractivity contribution in [1.82, 2.24) is 9.47 Å². The van der Waals surface area contributed by atoms with Crippen LogP contribution in [0.15, 0.2) is 66.9 Å². The number of hydrogen-bond donors (Lipinski definition) is 1. The van der Waals surface area contributed by atoms with Gasteiger partial charge in [-0.2, -0.15) is 26.3 Å². The third-order valence-electron chi connectivity index (χ3n) is 7.47. The van der Waals surface area contributed by atoms with Crippen molar-refractivity contribution in [3.05, 3.63) is 94.7 Å². The summed E-state index contributed by atoms with van der Waals surface area (Å²) in [5, 5.41) is 3.65. The minimum atomic E-state index is -5.11. The normalized spacial score (nSPS) is 12.7. The van der Waals surface area contributed by atoms with Gasteiger partial charge in [0.05, 0.1) is 23.9 Å². The first-order valence-electron chi connectivity index (χ1n) is 13.6. The van der Waals surface area contributed by atoms with Crippen LogP contribution in [-0.2, 0) is 30.6 Å². The Hall–Kier alpha value is -4.48. The molecule has 0 bridgehead atoms. The highest BCUT2D eigenvalue weighted by molar-refractivity contribution is 5.95. The Labute approximate surface area is 250 Å². The van der Waals surface area contributed by atoms with Crippen molar-refractivity contribution in [2.24, 2.45) is 7.05 Å². The summed E-state index contributed by atoms with van der Waals surface area (Å²) in [6.07, 6.45) is -8.20. The van der Waals surface area contributed by atoms with Crippen LogP contribution in [0, 0.1) is 6.92 Å². The zero-order valence-electron chi connectivity index (χ0n) is 24.4. The maximum absolute atomic E-state index is 13.5. The predicted octanol–water partition coefficient (Wildman–Crippen LogP) is 7.64. The van der Waals surface area contributed by atoms with E-state index in [1.54, 1.807) is 12.1 Å². The van der Waals surface area contributed by atoms with Gasteiger partial charge in [-0.3, -0.25) is 9.59 Å². The number of benzene rings is 3. The maximum atomic E-state index is 13.5. The summed E-state index contributed by atoms with van der Waals surface area (Å²) in [5.74, 6) is -1.00. The van der Waals surface area contributed by atoms with Crippen molar-refractivity contribution in [3.63, 3.8) is 0 Å². The van der Waals surface area contributed by atoms with E-state index in [4.69, 9.17) is 4.74 Å². The summed E-state index contributed by atoms with van der Waals surface area (Å²) in [5.41, 5.74) is -0.912. The topological polar surface area (TPSA) is 63.6 Å². The summed E-state index contributed by atoms with van der Waals surface area (Å²) in [7, 11) is 4.60. The molecule has 1 heterocycles. The lowest BCUT2D eigenvalue weighted by Gasteiger charge is -2.29. The van der Waals surface area contributed by atoms with Gasteiger partial charge < -0.3 is 19.5 Å². The highest BCUT2D eigenvalue weighted by atomic mass is 19.4. The lowest BCUT2D eigenvalue weighted by molar-refractivity contribution is -0.143. The van der Waals surface area contributed by atoms with Crippen molar-refractivity contribution in [1.29, 1.82) is 0 Å². The minimum absolute atomic E-state index is 0.0196. The number of nitrogens with zero attached hydrogens (tertiary/aromatic N) is 2. The fourth-order valence-corrected chi connectivity index (χ4v) is 5.15. The number of fused-ring (bicyclic) bond motifs is 1. The van der Waals surface area contributed by atoms with Gasteiger partial charge in [-0.05, 0) is 67.3 Å². The first-order valence-corrected chi connectivity index (χ1v) is 13.6. The Balaban J connectivity index is 1.66. The van der Waals surface area contributed by atoms with Gasteiger partial charge in [0.15, 0.2) is 0 Å². The van der Waals surface area contributed by atoms with E-state index in [1.807, 2.05) is 55.1 Å². The Kier molecular flexibility index (Phi) is 9.31. The van der Waals surface area contributed by atoms with Crippen LogP contribution >= 0.6 is 0 Å². The van der Waals surface area contributed by atoms with Gasteiger partial charge in [0, 0.05) is 49.2 Å². The fraction of sp³-hybridized carbons (Fsp3) is 0.312. The van der Waals surface area contributed by atoms with Crippen LogP contribution in [-0.4, -0.2) is 41.5 Å². The lowest BCUT2D eigenvalue weighted by Crippen LogP contribution is -2.39. The van der Waals surface area contributed by atoms with E-state index in [0.717, 1.165) is 26.9 Å². The maximum Gasteiger partial charge on any atom is 0.416 e. The Morgan fingerprint density at radius 2 is 1.59 bits per heavy atom. The van der Waals surface area contributed by atoms with E-state index in [9.17, 15) is 35.9 Å². The molecule has 44 heavy (non-hydrogen) atoms. The van der Waals surface area contributed by atoms with Crippen molar-refractivity contribution in [2.75, 3.05) is 19.5 Å². The zero-order valence-corrected chi connectivity index (χ0v) is 24.4. The molecule has 0 spiro atoms. The lowest BCUT2D eigenvalue weighted by atomic mass is 9.98. The monoisotopic (exact) mass is 619 g/mol. The van der Waals surface area contributed by atoms with Gasteiger partial charge in [-0.25, -0.2) is 0 Å². The van der Waals surface area contributed by atoms with Crippen LogP contribution in [0.5, 0.6) is 5.75 Å². The molecule has 1 N–H and O–H groups in total. The second-order valence-corrected chi connectivity index (χ2v) is 10.6. The number of amides is 2. The summed E-state index contributed by atoms with van der Waals surface area (Å²) in [6.45, 7) is 1.84. The Morgan fingerprint density at radius 3 is 2.20 bits per heavy atom. The van der Waals surface area contributed by atoms with Gasteiger partial charge in [0.25, 0.3) is 5.91 Å². The number of hydrogen-bond acceptors (Lipinski definition) is 3. The largest absolute Gasteiger partial charge is 0.495 e. The average molecular weight is 620 g/mol. The molecule has 1 unspecified atom stereocenters. The Bertz CT molecular complexity index is 1640. The van der Waals surface area contributed by atoms with Crippen LogP contribution in [0.3, 0.4) is 0 Å². The van der Waals surface area contributed by atoms with Crippen molar-refractivity contribution >= 4 is 28.4 Å². The van der Waals surface area contributed by atoms with Crippen LogP contribution in [0.1, 0.15) is 45.5 Å². The summed E-state index contributed by atoms with van der Waals surface area (Å²) < 4.78 is 88.3. The van der Waals surface area contributed by atoms with Crippen LogP contribution in [0.2, 0.25) is 0 Å². The van der Waals surface area contributed by atoms with E-state index in [1.165, 1.54) is 14.2 Å². The molecule has 4 rings (SSSR count). The molecule has 0 aliphatic rings. The number of ether oxygens (including phenoxy) is 1. The first kappa shape index (κ1) is 32.4. The summed E-state index contributed by atoms with van der Waals surface area (Å²) in [4.78, 5) is 27.7. The number of nitrogens with one attached hydrogen (secondary N) is 1. The molecule has 0 aliphatic carbocycles. The molecule has 0 saturated heterocycles. The highest BCUT2D eigenvalue weighted by Gasteiger charge is 2.38. The number of para-hydroxylation sites is 1. The molecule has 6 nitrogen and oxygen atoms in total. The smallest absolute Gasteiger partial charge is 0.416 e. The highest BCUT2D eigenvalue weighted by Crippen LogP contribution is 2.37. The van der Waals surface area contributed by atoms with E-state index >= 15 is 0 Å². The van der Waals surface area contributed by atoms with Crippen molar-refractivity contribution in [3.8, 4) is 5.75 Å². The van der Waals surface area contributed by atoms with Gasteiger partial charge in [-0.15, -0.1) is 0 Å². The second kappa shape index (κ2) is 12.6. The van der Waals surface area contributed by atoms with Crippen molar-refractivity contribution < 1.29 is 40.7 Å². The van der Waals surface area contributed by atoms with E-state index in [0.29, 0.717) is 23.6 Å². The SMILES string of the molecule is COc1ccc(C)cc1NC(=O)CCC(Cc1cn(C)c2ccccc12)N(C)C(=O)c1cc(C(F)(F)F)cc(C(F)(F)F)c1. The van der Waals surface area contributed by atoms with Crippen LogP contribution < -0.4 is 10.1 Å². The average Bonchev–Trinajstić information content (AvgIpc) is 3.28. The molecule has 1 atom stereocenters. The molecular weight excluding hydrogens is 588 g/mol. The quantitative estimate of drug-likeness (QED) is 0.196. The number of aromatic nitrogens is 1. The molecule has 0 fully saturated rings. The molecule has 2 amide bonds. The van der Waals surface area contributed by atoms with Gasteiger partial charge in [-0.1, -0.05) is 24.3 Å². The molecule has 234 valence electrons. The molecule has 0 saturated carbocycles. The molecule has 0 aliphatic heterocycles. The predicted molar refractivity (Wildman–Crippen MR) is 155 cm³/mol. The van der Waals surface area contributed by atoms with E-state index in [2.05, 4.69) is 5.32 Å². The Morgan fingerprint density at radius 1 is 0.955 bits per heavy atom. The fourth-order valence-electron chi connectivity index (χ4n) is 5.15. The third kappa shape index (κ3) is 7.35. The van der Waals surface area contributed by atoms with Crippen LogP contribution in [0.4, 0.5) is 32.0 Å². The molecule has 12 heteroatoms. The minimum Gasteiger partial charge on any atom is -0.495 e. The number of anilines is 1. The summed E-state index contributed by atoms with van der Waals surface area (Å²) in [6, 6.07) is 12.8. The number of likely N-dealkylation sites (N-methyl/N-ethyl adjacent to an activating group) is 1. The van der Waals surface area contributed by atoms with E-state index < -0.39 is 46.9 Å². The number of carbonyl (C=O) groups is 2. The van der Waals surface area contributed by atoms with Gasteiger partial charge >= 0.3 is 12.4 Å². The number of carbonyl (C=O) groups excluding carboxylic acids is 2.